The Morgan fingerprint density at radius 2 is 2.00 bits per heavy atom. The Bertz CT molecular complexity index is 838. The number of anilines is 2. The second kappa shape index (κ2) is 7.51. The van der Waals surface area contributed by atoms with Crippen LogP contribution in [0.15, 0.2) is 54.2 Å². The number of nitrogens with one attached hydrogen (secondary N) is 2. The van der Waals surface area contributed by atoms with Gasteiger partial charge in [0.25, 0.3) is 11.6 Å². The number of nitriles is 1. The van der Waals surface area contributed by atoms with Gasteiger partial charge in [0.15, 0.2) is 0 Å². The molecule has 2 aromatic rings. The van der Waals surface area contributed by atoms with Gasteiger partial charge in [0.05, 0.1) is 4.92 Å². The number of rotatable bonds is 5. The van der Waals surface area contributed by atoms with Crippen molar-refractivity contribution in [1.29, 1.82) is 5.26 Å². The van der Waals surface area contributed by atoms with E-state index in [1.165, 1.54) is 30.5 Å². The molecule has 1 heterocycles. The summed E-state index contributed by atoms with van der Waals surface area (Å²) in [4.78, 5) is 26.3. The number of benzene rings is 1. The highest BCUT2D eigenvalue weighted by molar-refractivity contribution is 6.06. The zero-order valence-electron chi connectivity index (χ0n) is 12.7. The Kier molecular flexibility index (Phi) is 5.20. The third-order valence-electron chi connectivity index (χ3n) is 2.95. The van der Waals surface area contributed by atoms with E-state index in [0.717, 1.165) is 5.69 Å². The van der Waals surface area contributed by atoms with Crippen molar-refractivity contribution in [2.75, 3.05) is 10.6 Å². The van der Waals surface area contributed by atoms with Crippen LogP contribution in [0.25, 0.3) is 0 Å². The summed E-state index contributed by atoms with van der Waals surface area (Å²) in [5.74, 6) is -0.127. The fraction of sp³-hybridized carbons (Fsp3) is 0.0625. The first-order valence-electron chi connectivity index (χ1n) is 6.86. The maximum absolute atomic E-state index is 12.1. The molecule has 120 valence electrons. The minimum absolute atomic E-state index is 0.0868. The van der Waals surface area contributed by atoms with E-state index in [1.54, 1.807) is 18.2 Å². The molecule has 24 heavy (non-hydrogen) atoms. The lowest BCUT2D eigenvalue weighted by molar-refractivity contribution is -0.384. The van der Waals surface area contributed by atoms with Gasteiger partial charge in [-0.15, -0.1) is 0 Å². The van der Waals surface area contributed by atoms with E-state index >= 15 is 0 Å². The van der Waals surface area contributed by atoms with E-state index in [0.29, 0.717) is 11.5 Å². The van der Waals surface area contributed by atoms with Crippen molar-refractivity contribution in [3.63, 3.8) is 0 Å². The van der Waals surface area contributed by atoms with E-state index in [9.17, 15) is 14.9 Å². The highest BCUT2D eigenvalue weighted by Crippen LogP contribution is 2.16. The third-order valence-corrected chi connectivity index (χ3v) is 2.95. The molecule has 8 heteroatoms. The Labute approximate surface area is 137 Å². The summed E-state index contributed by atoms with van der Waals surface area (Å²) < 4.78 is 0. The second-order valence-corrected chi connectivity index (χ2v) is 4.74. The molecule has 0 fully saturated rings. The molecule has 0 aliphatic rings. The number of carbonyl (C=O) groups is 1. The topological polar surface area (TPSA) is 121 Å². The first kappa shape index (κ1) is 16.6. The molecule has 1 amide bonds. The van der Waals surface area contributed by atoms with Crippen LogP contribution in [-0.2, 0) is 4.79 Å². The lowest BCUT2D eigenvalue weighted by atomic mass is 10.2. The van der Waals surface area contributed by atoms with Crippen LogP contribution in [0, 0.1) is 28.4 Å². The van der Waals surface area contributed by atoms with Crippen molar-refractivity contribution in [3.8, 4) is 6.07 Å². The van der Waals surface area contributed by atoms with Gasteiger partial charge in [0, 0.05) is 29.7 Å². The molecule has 0 spiro atoms. The number of aromatic nitrogens is 1. The normalized spacial score (nSPS) is 10.6. The van der Waals surface area contributed by atoms with Crippen LogP contribution in [0.5, 0.6) is 0 Å². The summed E-state index contributed by atoms with van der Waals surface area (Å²) in [6.07, 6.45) is 1.25. The SMILES string of the molecule is Cc1cccc(N/C=C(/C#N)C(=O)Nc2ccc([N+](=O)[O-])cc2)n1. The predicted molar refractivity (Wildman–Crippen MR) is 88.0 cm³/mol. The smallest absolute Gasteiger partial charge is 0.269 e. The van der Waals surface area contributed by atoms with Gasteiger partial charge in [-0.1, -0.05) is 6.07 Å². The van der Waals surface area contributed by atoms with E-state index in [1.807, 2.05) is 13.0 Å². The first-order valence-corrected chi connectivity index (χ1v) is 6.86. The highest BCUT2D eigenvalue weighted by Gasteiger charge is 2.11. The van der Waals surface area contributed by atoms with E-state index in [-0.39, 0.29) is 11.3 Å². The number of nitrogens with zero attached hydrogens (tertiary/aromatic N) is 3. The number of hydrogen-bond acceptors (Lipinski definition) is 6. The monoisotopic (exact) mass is 323 g/mol. The van der Waals surface area contributed by atoms with Gasteiger partial charge in [0.1, 0.15) is 17.5 Å². The van der Waals surface area contributed by atoms with Crippen LogP contribution in [0.1, 0.15) is 5.69 Å². The molecule has 0 bridgehead atoms. The zero-order valence-corrected chi connectivity index (χ0v) is 12.7. The van der Waals surface area contributed by atoms with Crippen LogP contribution in [0.3, 0.4) is 0 Å². The minimum Gasteiger partial charge on any atom is -0.345 e. The molecule has 0 saturated carbocycles. The van der Waals surface area contributed by atoms with Crippen LogP contribution in [-0.4, -0.2) is 15.8 Å². The summed E-state index contributed by atoms with van der Waals surface area (Å²) in [5, 5.41) is 25.0. The number of carbonyl (C=O) groups excluding carboxylic acids is 1. The molecule has 8 nitrogen and oxygen atoms in total. The average Bonchev–Trinajstić information content (AvgIpc) is 2.56. The molecule has 0 radical (unpaired) electrons. The quantitative estimate of drug-likeness (QED) is 0.378. The summed E-state index contributed by atoms with van der Waals surface area (Å²) in [5.41, 5.74) is 0.899. The number of aryl methyl sites for hydroxylation is 1. The highest BCUT2D eigenvalue weighted by atomic mass is 16.6. The lowest BCUT2D eigenvalue weighted by Gasteiger charge is -2.05. The lowest BCUT2D eigenvalue weighted by Crippen LogP contribution is -2.14. The number of pyridine rings is 1. The van der Waals surface area contributed by atoms with Crippen molar-refractivity contribution in [3.05, 3.63) is 70.0 Å². The molecule has 0 saturated heterocycles. The Morgan fingerprint density at radius 1 is 1.29 bits per heavy atom. The number of nitro groups is 1. The van der Waals surface area contributed by atoms with Crippen LogP contribution >= 0.6 is 0 Å². The summed E-state index contributed by atoms with van der Waals surface area (Å²) in [6.45, 7) is 1.82. The molecule has 2 rings (SSSR count). The van der Waals surface area contributed by atoms with E-state index < -0.39 is 10.8 Å². The molecule has 0 aliphatic heterocycles. The molecule has 0 unspecified atom stereocenters. The fourth-order valence-corrected chi connectivity index (χ4v) is 1.78. The standard InChI is InChI=1S/C16H13N5O3/c1-11-3-2-4-15(19-11)18-10-12(9-17)16(22)20-13-5-7-14(8-6-13)21(23)24/h2-8,10H,1H3,(H,18,19)(H,20,22)/b12-10-. The largest absolute Gasteiger partial charge is 0.345 e. The van der Waals surface area contributed by atoms with Crippen LogP contribution < -0.4 is 10.6 Å². The number of nitro benzene ring substituents is 1. The molecule has 0 atom stereocenters. The van der Waals surface area contributed by atoms with Gasteiger partial charge >= 0.3 is 0 Å². The van der Waals surface area contributed by atoms with Crippen LogP contribution in [0.4, 0.5) is 17.2 Å². The van der Waals surface area contributed by atoms with Crippen molar-refractivity contribution < 1.29 is 9.72 Å². The number of amides is 1. The Hall–Kier alpha value is -3.73. The molecule has 1 aromatic carbocycles. The van der Waals surface area contributed by atoms with Crippen LogP contribution in [0.2, 0.25) is 0 Å². The molecular formula is C16H13N5O3. The maximum atomic E-state index is 12.1. The van der Waals surface area contributed by atoms with Crippen molar-refractivity contribution in [2.24, 2.45) is 0 Å². The third kappa shape index (κ3) is 4.38. The zero-order chi connectivity index (χ0) is 17.5. The van der Waals surface area contributed by atoms with Gasteiger partial charge in [-0.2, -0.15) is 5.26 Å². The van der Waals surface area contributed by atoms with Crippen molar-refractivity contribution in [1.82, 2.24) is 4.98 Å². The van der Waals surface area contributed by atoms with Crippen molar-refractivity contribution >= 4 is 23.1 Å². The number of hydrogen-bond donors (Lipinski definition) is 2. The average molecular weight is 323 g/mol. The fourth-order valence-electron chi connectivity index (χ4n) is 1.78. The van der Waals surface area contributed by atoms with Gasteiger partial charge in [0.2, 0.25) is 0 Å². The van der Waals surface area contributed by atoms with Gasteiger partial charge in [-0.05, 0) is 31.2 Å². The first-order chi connectivity index (χ1) is 11.5. The summed E-state index contributed by atoms with van der Waals surface area (Å²) in [6, 6.07) is 12.4. The van der Waals surface area contributed by atoms with E-state index in [2.05, 4.69) is 15.6 Å². The molecule has 2 N–H and O–H groups in total. The summed E-state index contributed by atoms with van der Waals surface area (Å²) >= 11 is 0. The van der Waals surface area contributed by atoms with Crippen molar-refractivity contribution in [2.45, 2.75) is 6.92 Å². The maximum Gasteiger partial charge on any atom is 0.269 e. The summed E-state index contributed by atoms with van der Waals surface area (Å²) in [7, 11) is 0. The van der Waals surface area contributed by atoms with Gasteiger partial charge in [-0.25, -0.2) is 4.98 Å². The molecule has 1 aromatic heterocycles. The van der Waals surface area contributed by atoms with Gasteiger partial charge < -0.3 is 10.6 Å². The second-order valence-electron chi connectivity index (χ2n) is 4.74. The minimum atomic E-state index is -0.633. The molecule has 0 aliphatic carbocycles. The predicted octanol–water partition coefficient (Wildman–Crippen LogP) is 2.76. The van der Waals surface area contributed by atoms with E-state index in [4.69, 9.17) is 5.26 Å². The van der Waals surface area contributed by atoms with Gasteiger partial charge in [-0.3, -0.25) is 14.9 Å². The molecular weight excluding hydrogens is 310 g/mol. The Morgan fingerprint density at radius 3 is 2.58 bits per heavy atom. The number of non-ortho nitro benzene ring substituents is 1. The Balaban J connectivity index is 2.07.